The zero-order valence-electron chi connectivity index (χ0n) is 11.6. The number of halogens is 2. The molecule has 21 heavy (non-hydrogen) atoms. The summed E-state index contributed by atoms with van der Waals surface area (Å²) in [4.78, 5) is 4.13. The van der Waals surface area contributed by atoms with Crippen LogP contribution in [0.4, 0.5) is 4.39 Å². The molecule has 0 radical (unpaired) electrons. The first-order valence-electron chi connectivity index (χ1n) is 6.58. The molecule has 0 N–H and O–H groups in total. The number of benzene rings is 1. The van der Waals surface area contributed by atoms with Crippen molar-refractivity contribution in [2.75, 3.05) is 5.88 Å². The maximum Gasteiger partial charge on any atom is 0.164 e. The third kappa shape index (κ3) is 4.20. The van der Waals surface area contributed by atoms with Crippen LogP contribution in [0.2, 0.25) is 0 Å². The average Bonchev–Trinajstić information content (AvgIpc) is 2.92. The molecule has 2 aromatic rings. The highest BCUT2D eigenvalue weighted by Crippen LogP contribution is 2.17. The fourth-order valence-corrected chi connectivity index (χ4v) is 1.83. The van der Waals surface area contributed by atoms with E-state index in [4.69, 9.17) is 16.3 Å². The van der Waals surface area contributed by atoms with Crippen LogP contribution >= 0.6 is 11.6 Å². The van der Waals surface area contributed by atoms with Crippen LogP contribution in [0.1, 0.15) is 24.7 Å². The predicted molar refractivity (Wildman–Crippen MR) is 78.6 cm³/mol. The lowest BCUT2D eigenvalue weighted by Crippen LogP contribution is -2.08. The van der Waals surface area contributed by atoms with Crippen molar-refractivity contribution in [3.8, 4) is 17.6 Å². The SMILES string of the molecule is CCCn1ncnc1COc1ccc(C#CCCl)c(F)c1. The fourth-order valence-electron chi connectivity index (χ4n) is 1.76. The number of ether oxygens (including phenoxy) is 1. The van der Waals surface area contributed by atoms with Crippen LogP contribution < -0.4 is 4.74 Å². The number of hydrogen-bond donors (Lipinski definition) is 0. The van der Waals surface area contributed by atoms with E-state index in [1.165, 1.54) is 12.4 Å². The molecular weight excluding hydrogens is 293 g/mol. The first-order chi connectivity index (χ1) is 10.2. The van der Waals surface area contributed by atoms with Crippen molar-refractivity contribution in [3.05, 3.63) is 41.7 Å². The summed E-state index contributed by atoms with van der Waals surface area (Å²) in [6.45, 7) is 3.08. The smallest absolute Gasteiger partial charge is 0.164 e. The van der Waals surface area contributed by atoms with Gasteiger partial charge < -0.3 is 4.74 Å². The second-order valence-electron chi connectivity index (χ2n) is 4.27. The van der Waals surface area contributed by atoms with E-state index in [1.807, 2.05) is 0 Å². The summed E-state index contributed by atoms with van der Waals surface area (Å²) in [5.41, 5.74) is 0.303. The van der Waals surface area contributed by atoms with Gasteiger partial charge in [0.2, 0.25) is 0 Å². The van der Waals surface area contributed by atoms with Gasteiger partial charge in [-0.25, -0.2) is 14.1 Å². The topological polar surface area (TPSA) is 39.9 Å². The quantitative estimate of drug-likeness (QED) is 0.630. The summed E-state index contributed by atoms with van der Waals surface area (Å²) in [6, 6.07) is 4.54. The molecule has 4 nitrogen and oxygen atoms in total. The lowest BCUT2D eigenvalue weighted by atomic mass is 10.2. The lowest BCUT2D eigenvalue weighted by Gasteiger charge is -2.07. The molecule has 0 fully saturated rings. The number of aromatic nitrogens is 3. The number of alkyl halides is 1. The van der Waals surface area contributed by atoms with Gasteiger partial charge >= 0.3 is 0 Å². The van der Waals surface area contributed by atoms with Gasteiger partial charge in [0.15, 0.2) is 5.82 Å². The van der Waals surface area contributed by atoms with Crippen LogP contribution in [0, 0.1) is 17.7 Å². The Morgan fingerprint density at radius 2 is 2.29 bits per heavy atom. The van der Waals surface area contributed by atoms with Gasteiger partial charge in [-0.1, -0.05) is 18.8 Å². The normalized spacial score (nSPS) is 10.0. The van der Waals surface area contributed by atoms with Crippen LogP contribution in [0.15, 0.2) is 24.5 Å². The maximum absolute atomic E-state index is 13.8. The Morgan fingerprint density at radius 3 is 3.00 bits per heavy atom. The van der Waals surface area contributed by atoms with Gasteiger partial charge in [0, 0.05) is 12.6 Å². The summed E-state index contributed by atoms with van der Waals surface area (Å²) in [5.74, 6) is 6.14. The molecular formula is C15H15ClFN3O. The minimum absolute atomic E-state index is 0.171. The van der Waals surface area contributed by atoms with Crippen LogP contribution in [0.25, 0.3) is 0 Å². The number of hydrogen-bond acceptors (Lipinski definition) is 3. The van der Waals surface area contributed by atoms with Crippen LogP contribution in [-0.2, 0) is 13.2 Å². The summed E-state index contributed by atoms with van der Waals surface area (Å²) < 4.78 is 21.1. The molecule has 0 aliphatic rings. The highest BCUT2D eigenvalue weighted by atomic mass is 35.5. The van der Waals surface area contributed by atoms with E-state index in [1.54, 1.807) is 16.8 Å². The Hall–Kier alpha value is -2.06. The van der Waals surface area contributed by atoms with E-state index < -0.39 is 5.82 Å². The standard InChI is InChI=1S/C15H15ClFN3O/c1-2-8-20-15(18-11-19-20)10-21-13-6-5-12(4-3-7-16)14(17)9-13/h5-6,9,11H,2,7-8,10H2,1H3. The first-order valence-corrected chi connectivity index (χ1v) is 7.12. The van der Waals surface area contributed by atoms with Crippen LogP contribution in [0.3, 0.4) is 0 Å². The molecule has 2 rings (SSSR count). The summed E-state index contributed by atoms with van der Waals surface area (Å²) in [6.07, 6.45) is 2.44. The Morgan fingerprint density at radius 1 is 1.43 bits per heavy atom. The summed E-state index contributed by atoms with van der Waals surface area (Å²) in [7, 11) is 0. The van der Waals surface area contributed by atoms with Gasteiger partial charge in [0.1, 0.15) is 24.5 Å². The monoisotopic (exact) mass is 307 g/mol. The molecule has 1 aromatic carbocycles. The number of nitrogens with zero attached hydrogens (tertiary/aromatic N) is 3. The van der Waals surface area contributed by atoms with E-state index in [2.05, 4.69) is 28.8 Å². The number of aryl methyl sites for hydroxylation is 1. The van der Waals surface area contributed by atoms with Crippen molar-refractivity contribution in [1.29, 1.82) is 0 Å². The van der Waals surface area contributed by atoms with Crippen molar-refractivity contribution in [1.82, 2.24) is 14.8 Å². The van der Waals surface area contributed by atoms with E-state index in [9.17, 15) is 4.39 Å². The molecule has 0 aliphatic heterocycles. The summed E-state index contributed by atoms with van der Waals surface area (Å²) in [5, 5.41) is 4.10. The molecule has 1 aromatic heterocycles. The third-order valence-corrected chi connectivity index (χ3v) is 2.86. The number of rotatable bonds is 5. The van der Waals surface area contributed by atoms with Crippen molar-refractivity contribution < 1.29 is 9.13 Å². The van der Waals surface area contributed by atoms with Gasteiger partial charge in [-0.2, -0.15) is 5.10 Å². The van der Waals surface area contributed by atoms with E-state index in [0.717, 1.165) is 13.0 Å². The van der Waals surface area contributed by atoms with E-state index in [0.29, 0.717) is 17.1 Å². The Labute approximate surface area is 127 Å². The van der Waals surface area contributed by atoms with Crippen molar-refractivity contribution in [3.63, 3.8) is 0 Å². The molecule has 0 unspecified atom stereocenters. The summed E-state index contributed by atoms with van der Waals surface area (Å²) >= 11 is 5.45. The largest absolute Gasteiger partial charge is 0.486 e. The Kier molecular flexibility index (Phi) is 5.59. The lowest BCUT2D eigenvalue weighted by molar-refractivity contribution is 0.285. The molecule has 0 bridgehead atoms. The van der Waals surface area contributed by atoms with Gasteiger partial charge in [-0.3, -0.25) is 0 Å². The molecule has 6 heteroatoms. The minimum atomic E-state index is -0.430. The second kappa shape index (κ2) is 7.65. The first kappa shape index (κ1) is 15.3. The van der Waals surface area contributed by atoms with Crippen molar-refractivity contribution in [2.45, 2.75) is 26.5 Å². The van der Waals surface area contributed by atoms with Crippen LogP contribution in [0.5, 0.6) is 5.75 Å². The maximum atomic E-state index is 13.8. The van der Waals surface area contributed by atoms with Gasteiger partial charge in [0.05, 0.1) is 11.4 Å². The molecule has 0 saturated heterocycles. The molecule has 1 heterocycles. The average molecular weight is 308 g/mol. The molecule has 0 aliphatic carbocycles. The molecule has 0 amide bonds. The molecule has 0 atom stereocenters. The van der Waals surface area contributed by atoms with Crippen molar-refractivity contribution >= 4 is 11.6 Å². The van der Waals surface area contributed by atoms with Gasteiger partial charge in [-0.05, 0) is 18.6 Å². The molecule has 0 saturated carbocycles. The Bertz CT molecular complexity index is 660. The Balaban J connectivity index is 2.03. The second-order valence-corrected chi connectivity index (χ2v) is 4.53. The predicted octanol–water partition coefficient (Wildman–Crippen LogP) is 3.00. The molecule has 0 spiro atoms. The highest BCUT2D eigenvalue weighted by Gasteiger charge is 2.06. The van der Waals surface area contributed by atoms with Gasteiger partial charge in [0.25, 0.3) is 0 Å². The van der Waals surface area contributed by atoms with E-state index in [-0.39, 0.29) is 12.5 Å². The van der Waals surface area contributed by atoms with Crippen molar-refractivity contribution in [2.24, 2.45) is 0 Å². The fraction of sp³-hybridized carbons (Fsp3) is 0.333. The zero-order valence-corrected chi connectivity index (χ0v) is 12.4. The minimum Gasteiger partial charge on any atom is -0.486 e. The van der Waals surface area contributed by atoms with E-state index >= 15 is 0 Å². The highest BCUT2D eigenvalue weighted by molar-refractivity contribution is 6.19. The molecule has 110 valence electrons. The zero-order chi connectivity index (χ0) is 15.1. The van der Waals surface area contributed by atoms with Gasteiger partial charge in [-0.15, -0.1) is 11.6 Å². The third-order valence-electron chi connectivity index (χ3n) is 2.73. The van der Waals surface area contributed by atoms with Crippen LogP contribution in [-0.4, -0.2) is 20.6 Å².